The van der Waals surface area contributed by atoms with E-state index in [1.807, 2.05) is 0 Å². The molecule has 5 nitrogen and oxygen atoms in total. The van der Waals surface area contributed by atoms with Gasteiger partial charge < -0.3 is 19.5 Å². The molecule has 0 heterocycles. The number of carbonyl (C=O) groups is 4. The largest absolute Gasteiger partial charge is 0.546 e. The first-order valence-corrected chi connectivity index (χ1v) is 5.64. The Hall–Kier alpha value is -0.455. The van der Waals surface area contributed by atoms with E-state index in [1.165, 1.54) is 20.8 Å². The van der Waals surface area contributed by atoms with Gasteiger partial charge in [0.05, 0.1) is 13.9 Å². The van der Waals surface area contributed by atoms with Crippen molar-refractivity contribution < 1.29 is 24.3 Å². The fourth-order valence-electron chi connectivity index (χ4n) is 0.859. The minimum atomic E-state index is -2.37. The Morgan fingerprint density at radius 2 is 0.933 bits per heavy atom. The topological polar surface area (TPSA) is 88.5 Å². The zero-order valence-electron chi connectivity index (χ0n) is 8.66. The van der Waals surface area contributed by atoms with Crippen LogP contribution in [0.1, 0.15) is 27.7 Å². The van der Waals surface area contributed by atoms with Crippen LogP contribution in [-0.4, -0.2) is 56.5 Å². The first kappa shape index (κ1) is 20.0. The van der Waals surface area contributed by atoms with E-state index in [-0.39, 0.29) is 31.3 Å². The second kappa shape index (κ2) is 10.1. The molecule has 0 atom stereocenters. The van der Waals surface area contributed by atoms with E-state index in [4.69, 9.17) is 9.90 Å². The third kappa shape index (κ3) is 13.5. The fourth-order valence-corrected chi connectivity index (χ4v) is 2.58. The van der Waals surface area contributed by atoms with Crippen LogP contribution in [0.15, 0.2) is 0 Å². The predicted molar refractivity (Wildman–Crippen MR) is 61.0 cm³/mol. The van der Waals surface area contributed by atoms with Gasteiger partial charge in [-0.15, -0.1) is 0 Å². The zero-order chi connectivity index (χ0) is 11.9. The molecule has 0 aromatic rings. The van der Waals surface area contributed by atoms with Gasteiger partial charge >= 0.3 is 14.1 Å². The highest BCUT2D eigenvalue weighted by atomic mass is 27.2. The molecule has 0 saturated carbocycles. The van der Waals surface area contributed by atoms with Gasteiger partial charge in [0.2, 0.25) is 0 Å². The van der Waals surface area contributed by atoms with Crippen molar-refractivity contribution in [2.75, 3.05) is 0 Å². The standard InChI is InChI=1S/C2H4O2.3C2H3O.2Al.3H/c1-2(3)4;3*1-2-3;;;;;/h1H3,(H,3,4);3*1H3;;;;;. The summed E-state index contributed by atoms with van der Waals surface area (Å²) in [6.45, 7) is 5.00. The first-order valence-electron chi connectivity index (χ1n) is 3.91. The summed E-state index contributed by atoms with van der Waals surface area (Å²) >= 11 is -2.37. The molecule has 0 bridgehead atoms. The minimum absolute atomic E-state index is 0. The predicted octanol–water partition coefficient (Wildman–Crippen LogP) is -1.23. The molecule has 0 aliphatic carbocycles. The van der Waals surface area contributed by atoms with E-state index in [0.717, 1.165) is 6.92 Å². The van der Waals surface area contributed by atoms with Gasteiger partial charge in [0.15, 0.2) is 17.4 Å². The number of carbonyl (C=O) groups excluding carboxylic acids is 3. The van der Waals surface area contributed by atoms with Gasteiger partial charge in [-0.3, -0.25) is 4.79 Å². The van der Waals surface area contributed by atoms with Crippen molar-refractivity contribution in [2.24, 2.45) is 0 Å². The van der Waals surface area contributed by atoms with Crippen molar-refractivity contribution in [2.45, 2.75) is 27.7 Å². The summed E-state index contributed by atoms with van der Waals surface area (Å²) in [4.78, 5) is 40.9. The highest BCUT2D eigenvalue weighted by Crippen LogP contribution is 1.88. The van der Waals surface area contributed by atoms with E-state index < -0.39 is 20.1 Å². The Bertz CT molecular complexity index is 224. The second-order valence-corrected chi connectivity index (χ2v) is 6.09. The van der Waals surface area contributed by atoms with Crippen LogP contribution in [-0.2, 0) is 19.2 Å². The van der Waals surface area contributed by atoms with Crippen molar-refractivity contribution in [3.63, 3.8) is 0 Å². The fraction of sp³-hybridized carbons (Fsp3) is 0.500. The monoisotopic (exact) mass is 246 g/mol. The highest BCUT2D eigenvalue weighted by molar-refractivity contribution is 7.27. The molecule has 0 saturated heterocycles. The molecular weight excluding hydrogens is 230 g/mol. The number of hydrogen-bond acceptors (Lipinski definition) is 4. The summed E-state index contributed by atoms with van der Waals surface area (Å²) in [6, 6.07) is 0. The van der Waals surface area contributed by atoms with Crippen LogP contribution in [0.2, 0.25) is 0 Å². The van der Waals surface area contributed by atoms with Crippen LogP contribution in [0.4, 0.5) is 0 Å². The molecule has 0 spiro atoms. The van der Waals surface area contributed by atoms with Gasteiger partial charge in [0.25, 0.3) is 5.97 Å². The Labute approximate surface area is 103 Å². The number of rotatable bonds is 3. The average molecular weight is 246 g/mol. The number of carboxylic acid groups (broad SMARTS) is 1. The molecule has 0 aliphatic heterocycles. The molecule has 0 radical (unpaired) electrons. The first-order chi connectivity index (χ1) is 6.20. The van der Waals surface area contributed by atoms with Gasteiger partial charge in [-0.05, 0) is 20.8 Å². The van der Waals surface area contributed by atoms with Crippen LogP contribution in [0.25, 0.3) is 0 Å². The van der Waals surface area contributed by atoms with Crippen LogP contribution < -0.4 is 0 Å². The van der Waals surface area contributed by atoms with Crippen molar-refractivity contribution in [3.05, 3.63) is 0 Å². The maximum absolute atomic E-state index is 10.6. The lowest BCUT2D eigenvalue weighted by Gasteiger charge is -1.95. The Balaban J connectivity index is -0.000000249. The summed E-state index contributed by atoms with van der Waals surface area (Å²) in [5, 5.41) is 7.42. The second-order valence-electron chi connectivity index (χ2n) is 2.78. The molecule has 0 fully saturated rings. The normalized spacial score (nSPS) is 7.47. The lowest BCUT2D eigenvalue weighted by atomic mass is 10.9. The van der Waals surface area contributed by atoms with E-state index >= 15 is 0 Å². The summed E-state index contributed by atoms with van der Waals surface area (Å²) in [6.07, 6.45) is 0. The SMILES string of the molecule is CC(=O)O.C[C](=O)[Al]([C](C)=O)[C](C)=O.[AlH3]. The van der Waals surface area contributed by atoms with E-state index in [0.29, 0.717) is 0 Å². The Kier molecular flexibility index (Phi) is 13.4. The molecule has 0 aromatic carbocycles. The highest BCUT2D eigenvalue weighted by Gasteiger charge is 2.35. The lowest BCUT2D eigenvalue weighted by Crippen LogP contribution is -2.39. The molecule has 1 N–H and O–H groups in total. The summed E-state index contributed by atoms with van der Waals surface area (Å²) < 4.78 is -0.708. The van der Waals surface area contributed by atoms with Crippen molar-refractivity contribution in [3.8, 4) is 0 Å². The van der Waals surface area contributed by atoms with Crippen molar-refractivity contribution in [1.29, 1.82) is 0 Å². The smallest absolute Gasteiger partial charge is 0.481 e. The molecular formula is C8H16Al2O5. The molecule has 7 heteroatoms. The van der Waals surface area contributed by atoms with Gasteiger partial charge in [-0.25, -0.2) is 0 Å². The van der Waals surface area contributed by atoms with Crippen LogP contribution >= 0.6 is 0 Å². The van der Waals surface area contributed by atoms with Gasteiger partial charge in [0.1, 0.15) is 0 Å². The van der Waals surface area contributed by atoms with Gasteiger partial charge in [-0.2, -0.15) is 0 Å². The zero-order valence-corrected chi connectivity index (χ0v) is 9.81. The third-order valence-corrected chi connectivity index (χ3v) is 3.66. The molecule has 15 heavy (non-hydrogen) atoms. The molecule has 0 rings (SSSR count). The molecule has 84 valence electrons. The van der Waals surface area contributed by atoms with Crippen molar-refractivity contribution >= 4 is 51.4 Å². The van der Waals surface area contributed by atoms with Gasteiger partial charge in [-0.1, -0.05) is 0 Å². The summed E-state index contributed by atoms with van der Waals surface area (Å²) in [5.41, 5.74) is 0. The van der Waals surface area contributed by atoms with E-state index in [9.17, 15) is 14.4 Å². The summed E-state index contributed by atoms with van der Waals surface area (Å²) in [5.74, 6) is -0.833. The minimum Gasteiger partial charge on any atom is -0.481 e. The number of hydrogen-bond donors (Lipinski definition) is 1. The van der Waals surface area contributed by atoms with Crippen molar-refractivity contribution in [1.82, 2.24) is 0 Å². The maximum atomic E-state index is 10.6. The molecule has 0 aromatic heterocycles. The number of carboxylic acids is 1. The van der Waals surface area contributed by atoms with E-state index in [2.05, 4.69) is 0 Å². The summed E-state index contributed by atoms with van der Waals surface area (Å²) in [7, 11) is 0. The molecule has 0 unspecified atom stereocenters. The molecule has 0 amide bonds. The number of aliphatic carboxylic acids is 1. The van der Waals surface area contributed by atoms with Gasteiger partial charge in [0, 0.05) is 6.92 Å². The average Bonchev–Trinajstić information content (AvgIpc) is 1.80. The lowest BCUT2D eigenvalue weighted by molar-refractivity contribution is -0.134. The third-order valence-electron chi connectivity index (χ3n) is 1.22. The van der Waals surface area contributed by atoms with E-state index in [1.54, 1.807) is 0 Å². The Morgan fingerprint density at radius 3 is 0.933 bits per heavy atom. The maximum Gasteiger partial charge on any atom is 0.546 e. The van der Waals surface area contributed by atoms with Crippen LogP contribution in [0.5, 0.6) is 0 Å². The van der Waals surface area contributed by atoms with Crippen LogP contribution in [0, 0.1) is 0 Å². The Morgan fingerprint density at radius 1 is 0.800 bits per heavy atom. The quantitative estimate of drug-likeness (QED) is 0.630. The van der Waals surface area contributed by atoms with Crippen LogP contribution in [0.3, 0.4) is 0 Å². The molecule has 0 aliphatic rings.